The average molecular weight is 272 g/mol. The minimum absolute atomic E-state index is 0.208. The van der Waals surface area contributed by atoms with Gasteiger partial charge in [-0.1, -0.05) is 56.3 Å². The van der Waals surface area contributed by atoms with Crippen LogP contribution in [0.4, 0.5) is 0 Å². The normalized spacial score (nSPS) is 23.3. The molecule has 0 amide bonds. The van der Waals surface area contributed by atoms with Crippen molar-refractivity contribution in [1.82, 2.24) is 10.1 Å². The van der Waals surface area contributed by atoms with Crippen LogP contribution >= 0.6 is 0 Å². The van der Waals surface area contributed by atoms with Gasteiger partial charge >= 0.3 is 0 Å². The average Bonchev–Trinajstić information content (AvgIpc) is 2.90. The Morgan fingerprint density at radius 3 is 2.55 bits per heavy atom. The Kier molecular flexibility index (Phi) is 3.13. The van der Waals surface area contributed by atoms with E-state index in [-0.39, 0.29) is 11.3 Å². The molecule has 2 aromatic rings. The second-order valence-corrected chi connectivity index (χ2v) is 6.38. The van der Waals surface area contributed by atoms with Crippen LogP contribution < -0.4 is 0 Å². The zero-order valence-electron chi connectivity index (χ0n) is 12.1. The first-order valence-electron chi connectivity index (χ1n) is 7.05. The second kappa shape index (κ2) is 4.70. The maximum absolute atomic E-state index is 10.4. The van der Waals surface area contributed by atoms with E-state index in [2.05, 4.69) is 24.0 Å². The molecule has 0 bridgehead atoms. The molecule has 1 fully saturated rings. The molecule has 1 aromatic heterocycles. The minimum atomic E-state index is -0.628. The molecule has 0 radical (unpaired) electrons. The zero-order valence-corrected chi connectivity index (χ0v) is 12.1. The summed E-state index contributed by atoms with van der Waals surface area (Å²) in [6.45, 7) is 6.32. The Bertz CT molecular complexity index is 592. The summed E-state index contributed by atoms with van der Waals surface area (Å²) in [5, 5.41) is 14.5. The van der Waals surface area contributed by atoms with Crippen molar-refractivity contribution in [2.45, 2.75) is 45.1 Å². The van der Waals surface area contributed by atoms with Gasteiger partial charge in [-0.15, -0.1) is 0 Å². The lowest BCUT2D eigenvalue weighted by Crippen LogP contribution is -2.08. The molecule has 3 atom stereocenters. The van der Waals surface area contributed by atoms with Crippen LogP contribution in [-0.2, 0) is 0 Å². The van der Waals surface area contributed by atoms with Crippen molar-refractivity contribution in [2.24, 2.45) is 5.41 Å². The summed E-state index contributed by atoms with van der Waals surface area (Å²) >= 11 is 0. The highest BCUT2D eigenvalue weighted by atomic mass is 16.5. The standard InChI is InChI=1S/C16H20N2O2/c1-10(13(19)11-7-5-4-6-8-11)15-17-14(18-20-15)12-9-16(12,2)3/h4-8,10,12-13,19H,9H2,1-3H3. The first kappa shape index (κ1) is 13.3. The number of rotatable bonds is 4. The van der Waals surface area contributed by atoms with Gasteiger partial charge in [0.2, 0.25) is 5.89 Å². The number of hydrogen-bond acceptors (Lipinski definition) is 4. The molecule has 1 saturated carbocycles. The molecule has 1 aliphatic carbocycles. The van der Waals surface area contributed by atoms with Crippen molar-refractivity contribution < 1.29 is 9.63 Å². The van der Waals surface area contributed by atoms with Gasteiger partial charge in [-0.3, -0.25) is 0 Å². The molecule has 3 unspecified atom stereocenters. The lowest BCUT2D eigenvalue weighted by molar-refractivity contribution is 0.135. The third-order valence-corrected chi connectivity index (χ3v) is 4.29. The second-order valence-electron chi connectivity index (χ2n) is 6.38. The maximum Gasteiger partial charge on any atom is 0.232 e. The van der Waals surface area contributed by atoms with Crippen molar-refractivity contribution in [3.63, 3.8) is 0 Å². The van der Waals surface area contributed by atoms with Gasteiger partial charge in [0.05, 0.1) is 12.0 Å². The van der Waals surface area contributed by atoms with E-state index < -0.39 is 6.10 Å². The Morgan fingerprint density at radius 1 is 1.30 bits per heavy atom. The summed E-state index contributed by atoms with van der Waals surface area (Å²) in [6, 6.07) is 9.57. The summed E-state index contributed by atoms with van der Waals surface area (Å²) in [6.07, 6.45) is 0.471. The SMILES string of the molecule is CC(c1nc(C2CC2(C)C)no1)C(O)c1ccccc1. The lowest BCUT2D eigenvalue weighted by Gasteiger charge is -2.15. The molecule has 4 nitrogen and oxygen atoms in total. The van der Waals surface area contributed by atoms with Crippen LogP contribution in [0.25, 0.3) is 0 Å². The van der Waals surface area contributed by atoms with E-state index in [1.165, 1.54) is 0 Å². The summed E-state index contributed by atoms with van der Waals surface area (Å²) in [5.41, 5.74) is 1.15. The van der Waals surface area contributed by atoms with Crippen LogP contribution in [0.5, 0.6) is 0 Å². The highest BCUT2D eigenvalue weighted by Gasteiger charge is 2.49. The van der Waals surface area contributed by atoms with Crippen molar-refractivity contribution in [3.05, 3.63) is 47.6 Å². The van der Waals surface area contributed by atoms with Gasteiger partial charge in [0.25, 0.3) is 0 Å². The monoisotopic (exact) mass is 272 g/mol. The van der Waals surface area contributed by atoms with Gasteiger partial charge in [-0.05, 0) is 17.4 Å². The fourth-order valence-corrected chi connectivity index (χ4v) is 2.56. The van der Waals surface area contributed by atoms with Crippen LogP contribution in [0.2, 0.25) is 0 Å². The number of benzene rings is 1. The van der Waals surface area contributed by atoms with Gasteiger partial charge in [-0.2, -0.15) is 4.98 Å². The summed E-state index contributed by atoms with van der Waals surface area (Å²) in [5.74, 6) is 1.47. The minimum Gasteiger partial charge on any atom is -0.388 e. The third kappa shape index (κ3) is 2.36. The Labute approximate surface area is 118 Å². The molecule has 1 aliphatic rings. The summed E-state index contributed by atoms with van der Waals surface area (Å²) in [7, 11) is 0. The zero-order chi connectivity index (χ0) is 14.3. The molecule has 0 spiro atoms. The molecule has 0 aliphatic heterocycles. The molecule has 20 heavy (non-hydrogen) atoms. The first-order chi connectivity index (χ1) is 9.49. The molecule has 106 valence electrons. The largest absolute Gasteiger partial charge is 0.388 e. The van der Waals surface area contributed by atoms with Crippen molar-refractivity contribution in [3.8, 4) is 0 Å². The van der Waals surface area contributed by atoms with Gasteiger partial charge in [-0.25, -0.2) is 0 Å². The Hall–Kier alpha value is -1.68. The Morgan fingerprint density at radius 2 is 1.95 bits per heavy atom. The molecular weight excluding hydrogens is 252 g/mol. The Balaban J connectivity index is 1.76. The van der Waals surface area contributed by atoms with Crippen LogP contribution in [0, 0.1) is 5.41 Å². The fourth-order valence-electron chi connectivity index (χ4n) is 2.56. The molecule has 1 aromatic carbocycles. The molecule has 1 N–H and O–H groups in total. The predicted octanol–water partition coefficient (Wildman–Crippen LogP) is 3.42. The number of aromatic nitrogens is 2. The lowest BCUT2D eigenvalue weighted by atomic mass is 9.97. The van der Waals surface area contributed by atoms with E-state index in [1.54, 1.807) is 0 Å². The van der Waals surface area contributed by atoms with E-state index in [1.807, 2.05) is 37.3 Å². The van der Waals surface area contributed by atoms with Gasteiger partial charge in [0.1, 0.15) is 0 Å². The van der Waals surface area contributed by atoms with E-state index in [4.69, 9.17) is 4.52 Å². The van der Waals surface area contributed by atoms with Crippen molar-refractivity contribution in [1.29, 1.82) is 0 Å². The van der Waals surface area contributed by atoms with E-state index in [9.17, 15) is 5.11 Å². The van der Waals surface area contributed by atoms with E-state index in [0.717, 1.165) is 17.8 Å². The quantitative estimate of drug-likeness (QED) is 0.926. The topological polar surface area (TPSA) is 59.2 Å². The van der Waals surface area contributed by atoms with E-state index in [0.29, 0.717) is 11.8 Å². The predicted molar refractivity (Wildman–Crippen MR) is 75.3 cm³/mol. The molecule has 1 heterocycles. The smallest absolute Gasteiger partial charge is 0.232 e. The third-order valence-electron chi connectivity index (χ3n) is 4.29. The van der Waals surface area contributed by atoms with Crippen LogP contribution in [0.15, 0.2) is 34.9 Å². The van der Waals surface area contributed by atoms with Crippen molar-refractivity contribution >= 4 is 0 Å². The first-order valence-corrected chi connectivity index (χ1v) is 7.05. The number of aliphatic hydroxyl groups excluding tert-OH is 1. The fraction of sp³-hybridized carbons (Fsp3) is 0.500. The van der Waals surface area contributed by atoms with Gasteiger partial charge < -0.3 is 9.63 Å². The molecule has 4 heteroatoms. The summed E-state index contributed by atoms with van der Waals surface area (Å²) < 4.78 is 5.34. The van der Waals surface area contributed by atoms with Gasteiger partial charge in [0, 0.05) is 5.92 Å². The molecule has 0 saturated heterocycles. The van der Waals surface area contributed by atoms with Crippen LogP contribution in [0.3, 0.4) is 0 Å². The number of aliphatic hydroxyl groups is 1. The van der Waals surface area contributed by atoms with Crippen molar-refractivity contribution in [2.75, 3.05) is 0 Å². The maximum atomic E-state index is 10.4. The summed E-state index contributed by atoms with van der Waals surface area (Å²) in [4.78, 5) is 4.48. The highest BCUT2D eigenvalue weighted by Crippen LogP contribution is 2.57. The highest BCUT2D eigenvalue weighted by molar-refractivity contribution is 5.21. The molecular formula is C16H20N2O2. The van der Waals surface area contributed by atoms with Crippen LogP contribution in [0.1, 0.15) is 62.4 Å². The van der Waals surface area contributed by atoms with Crippen LogP contribution in [-0.4, -0.2) is 15.2 Å². The van der Waals surface area contributed by atoms with E-state index >= 15 is 0 Å². The van der Waals surface area contributed by atoms with Gasteiger partial charge in [0.15, 0.2) is 5.82 Å². The molecule has 3 rings (SSSR count). The number of nitrogens with zero attached hydrogens (tertiary/aromatic N) is 2. The number of hydrogen-bond donors (Lipinski definition) is 1.